The first-order chi connectivity index (χ1) is 12.3. The van der Waals surface area contributed by atoms with Crippen LogP contribution in [-0.4, -0.2) is 10.8 Å². The Labute approximate surface area is 148 Å². The Bertz CT molecular complexity index is 798. The highest BCUT2D eigenvalue weighted by Crippen LogP contribution is 2.25. The summed E-state index contributed by atoms with van der Waals surface area (Å²) in [5.74, 6) is 0.750. The van der Waals surface area contributed by atoms with Crippen molar-refractivity contribution in [1.82, 2.24) is 4.98 Å². The minimum Gasteiger partial charge on any atom is -0.489 e. The highest BCUT2D eigenvalue weighted by atomic mass is 16.5. The molecule has 1 heterocycles. The molecule has 25 heavy (non-hydrogen) atoms. The van der Waals surface area contributed by atoms with E-state index in [0.717, 1.165) is 23.3 Å². The first-order valence-electron chi connectivity index (χ1n) is 8.49. The van der Waals surface area contributed by atoms with Crippen LogP contribution in [-0.2, 0) is 6.61 Å². The third-order valence-electron chi connectivity index (χ3n) is 4.22. The number of benzene rings is 2. The second-order valence-electron chi connectivity index (χ2n) is 5.90. The van der Waals surface area contributed by atoms with Crippen molar-refractivity contribution in [2.24, 2.45) is 0 Å². The highest BCUT2D eigenvalue weighted by molar-refractivity contribution is 6.01. The number of carbonyl (C=O) groups excluding carboxylic acids is 1. The summed E-state index contributed by atoms with van der Waals surface area (Å²) in [5.41, 5.74) is 2.83. The van der Waals surface area contributed by atoms with Gasteiger partial charge in [0.05, 0.1) is 0 Å². The molecular weight excluding hydrogens is 310 g/mol. The first kappa shape index (κ1) is 16.9. The Hall–Kier alpha value is -2.94. The molecule has 0 fully saturated rings. The summed E-state index contributed by atoms with van der Waals surface area (Å²) >= 11 is 0. The Morgan fingerprint density at radius 2 is 1.64 bits per heavy atom. The Morgan fingerprint density at radius 3 is 2.28 bits per heavy atom. The van der Waals surface area contributed by atoms with Crippen LogP contribution in [0.3, 0.4) is 0 Å². The quantitative estimate of drug-likeness (QED) is 0.570. The van der Waals surface area contributed by atoms with E-state index in [4.69, 9.17) is 4.74 Å². The van der Waals surface area contributed by atoms with Gasteiger partial charge in [-0.1, -0.05) is 37.3 Å². The van der Waals surface area contributed by atoms with Gasteiger partial charge in [-0.15, -0.1) is 0 Å². The van der Waals surface area contributed by atoms with Crippen molar-refractivity contribution in [3.05, 3.63) is 95.8 Å². The van der Waals surface area contributed by atoms with Crippen molar-refractivity contribution in [1.29, 1.82) is 0 Å². The Balaban J connectivity index is 1.68. The molecular formula is C22H21NO2. The monoisotopic (exact) mass is 331 g/mol. The van der Waals surface area contributed by atoms with Crippen molar-refractivity contribution in [2.75, 3.05) is 0 Å². The molecule has 3 aromatic rings. The zero-order valence-corrected chi connectivity index (χ0v) is 14.3. The van der Waals surface area contributed by atoms with E-state index in [2.05, 4.69) is 4.98 Å². The van der Waals surface area contributed by atoms with Crippen LogP contribution in [0, 0.1) is 0 Å². The summed E-state index contributed by atoms with van der Waals surface area (Å²) in [7, 11) is 0. The van der Waals surface area contributed by atoms with Crippen LogP contribution >= 0.6 is 0 Å². The maximum Gasteiger partial charge on any atom is 0.170 e. The fraction of sp³-hybridized carbons (Fsp3) is 0.182. The van der Waals surface area contributed by atoms with Gasteiger partial charge >= 0.3 is 0 Å². The molecule has 1 aromatic heterocycles. The van der Waals surface area contributed by atoms with Crippen LogP contribution in [0.5, 0.6) is 5.75 Å². The van der Waals surface area contributed by atoms with Gasteiger partial charge in [-0.25, -0.2) is 0 Å². The van der Waals surface area contributed by atoms with E-state index in [0.29, 0.717) is 12.2 Å². The maximum atomic E-state index is 12.8. The molecule has 3 heteroatoms. The third kappa shape index (κ3) is 4.32. The van der Waals surface area contributed by atoms with Gasteiger partial charge < -0.3 is 4.74 Å². The molecule has 0 N–H and O–H groups in total. The number of nitrogens with zero attached hydrogens (tertiary/aromatic N) is 1. The third-order valence-corrected chi connectivity index (χ3v) is 4.22. The Morgan fingerprint density at radius 1 is 0.960 bits per heavy atom. The molecule has 0 saturated carbocycles. The number of hydrogen-bond acceptors (Lipinski definition) is 3. The Kier molecular flexibility index (Phi) is 5.57. The predicted octanol–water partition coefficient (Wildman–Crippen LogP) is 5.04. The van der Waals surface area contributed by atoms with E-state index in [1.54, 1.807) is 12.4 Å². The average Bonchev–Trinajstić information content (AvgIpc) is 2.69. The molecule has 0 aliphatic carbocycles. The number of carbonyl (C=O) groups is 1. The molecule has 0 saturated heterocycles. The molecule has 0 aliphatic rings. The van der Waals surface area contributed by atoms with Crippen molar-refractivity contribution >= 4 is 5.78 Å². The maximum absolute atomic E-state index is 12.8. The van der Waals surface area contributed by atoms with Crippen LogP contribution in [0.25, 0.3) is 0 Å². The standard InChI is InChI=1S/C22H21NO2/c1-2-21(18-12-14-23-15-13-18)22(24)19-8-10-20(11-9-19)25-16-17-6-4-3-5-7-17/h3-15,21H,2,16H2,1H3. The highest BCUT2D eigenvalue weighted by Gasteiger charge is 2.20. The van der Waals surface area contributed by atoms with E-state index in [-0.39, 0.29) is 11.7 Å². The lowest BCUT2D eigenvalue weighted by Gasteiger charge is -2.14. The molecule has 1 atom stereocenters. The lowest BCUT2D eigenvalue weighted by Crippen LogP contribution is -2.12. The van der Waals surface area contributed by atoms with Crippen LogP contribution in [0.2, 0.25) is 0 Å². The molecule has 0 radical (unpaired) electrons. The van der Waals surface area contributed by atoms with E-state index in [1.807, 2.05) is 73.7 Å². The molecule has 3 nitrogen and oxygen atoms in total. The number of pyridine rings is 1. The van der Waals surface area contributed by atoms with Gasteiger partial charge in [0.15, 0.2) is 5.78 Å². The summed E-state index contributed by atoms with van der Waals surface area (Å²) in [4.78, 5) is 16.8. The van der Waals surface area contributed by atoms with E-state index in [9.17, 15) is 4.79 Å². The van der Waals surface area contributed by atoms with Crippen molar-refractivity contribution in [3.8, 4) is 5.75 Å². The minimum atomic E-state index is -0.140. The molecule has 0 spiro atoms. The largest absolute Gasteiger partial charge is 0.489 e. The van der Waals surface area contributed by atoms with Crippen molar-refractivity contribution < 1.29 is 9.53 Å². The summed E-state index contributed by atoms with van der Waals surface area (Å²) in [6.07, 6.45) is 4.21. The van der Waals surface area contributed by atoms with Gasteiger partial charge in [-0.3, -0.25) is 9.78 Å². The first-order valence-corrected chi connectivity index (χ1v) is 8.49. The second-order valence-corrected chi connectivity index (χ2v) is 5.90. The second kappa shape index (κ2) is 8.25. The zero-order valence-electron chi connectivity index (χ0n) is 14.3. The van der Waals surface area contributed by atoms with Crippen molar-refractivity contribution in [3.63, 3.8) is 0 Å². The number of rotatable bonds is 7. The topological polar surface area (TPSA) is 39.2 Å². The number of Topliss-reactive ketones (excluding diaryl/α,β-unsaturated/α-hetero) is 1. The van der Waals surface area contributed by atoms with Crippen molar-refractivity contribution in [2.45, 2.75) is 25.9 Å². The summed E-state index contributed by atoms with van der Waals surface area (Å²) in [6.45, 7) is 2.54. The molecule has 2 aromatic carbocycles. The molecule has 0 aliphatic heterocycles. The van der Waals surface area contributed by atoms with E-state index >= 15 is 0 Å². The summed E-state index contributed by atoms with van der Waals surface area (Å²) < 4.78 is 5.78. The number of ether oxygens (including phenoxy) is 1. The molecule has 0 bridgehead atoms. The number of ketones is 1. The smallest absolute Gasteiger partial charge is 0.170 e. The predicted molar refractivity (Wildman–Crippen MR) is 98.8 cm³/mol. The van der Waals surface area contributed by atoms with E-state index < -0.39 is 0 Å². The minimum absolute atomic E-state index is 0.128. The molecule has 126 valence electrons. The van der Waals surface area contributed by atoms with E-state index in [1.165, 1.54) is 0 Å². The van der Waals surface area contributed by atoms with Gasteiger partial charge in [-0.05, 0) is 53.9 Å². The van der Waals surface area contributed by atoms with Crippen LogP contribution < -0.4 is 4.74 Å². The molecule has 0 amide bonds. The van der Waals surface area contributed by atoms with Gasteiger partial charge in [-0.2, -0.15) is 0 Å². The number of hydrogen-bond donors (Lipinski definition) is 0. The normalized spacial score (nSPS) is 11.7. The average molecular weight is 331 g/mol. The van der Waals surface area contributed by atoms with Gasteiger partial charge in [0, 0.05) is 23.9 Å². The van der Waals surface area contributed by atoms with Gasteiger partial charge in [0.25, 0.3) is 0 Å². The fourth-order valence-corrected chi connectivity index (χ4v) is 2.83. The van der Waals surface area contributed by atoms with Crippen LogP contribution in [0.15, 0.2) is 79.1 Å². The summed E-state index contributed by atoms with van der Waals surface area (Å²) in [5, 5.41) is 0. The molecule has 3 rings (SSSR count). The summed E-state index contributed by atoms with van der Waals surface area (Å²) in [6, 6.07) is 21.2. The number of aromatic nitrogens is 1. The lowest BCUT2D eigenvalue weighted by atomic mass is 9.89. The van der Waals surface area contributed by atoms with Crippen LogP contribution in [0.1, 0.15) is 40.7 Å². The lowest BCUT2D eigenvalue weighted by molar-refractivity contribution is 0.0957. The zero-order chi connectivity index (χ0) is 17.5. The SMILES string of the molecule is CCC(C(=O)c1ccc(OCc2ccccc2)cc1)c1ccncc1. The molecule has 1 unspecified atom stereocenters. The van der Waals surface area contributed by atoms with Crippen LogP contribution in [0.4, 0.5) is 0 Å². The van der Waals surface area contributed by atoms with Gasteiger partial charge in [0.2, 0.25) is 0 Å². The van der Waals surface area contributed by atoms with Gasteiger partial charge in [0.1, 0.15) is 12.4 Å². The fourth-order valence-electron chi connectivity index (χ4n) is 2.83.